The maximum Gasteiger partial charge on any atom is 0.508 e. The van der Waals surface area contributed by atoms with Crippen LogP contribution >= 0.6 is 0 Å². The number of hydrogen-bond acceptors (Lipinski definition) is 7. The summed E-state index contributed by atoms with van der Waals surface area (Å²) < 4.78 is 40.1. The zero-order valence-corrected chi connectivity index (χ0v) is 15.1. The molecular formula is C14H28N2O6S. The van der Waals surface area contributed by atoms with E-state index in [0.717, 1.165) is 32.2 Å². The SMILES string of the molecule is CC(C)O[C@H](COC(=O)OC1CCNCC1)CN(C)S(C)(=O)=O. The summed E-state index contributed by atoms with van der Waals surface area (Å²) in [6.45, 7) is 5.35. The van der Waals surface area contributed by atoms with Gasteiger partial charge < -0.3 is 19.5 Å². The maximum atomic E-state index is 11.7. The number of rotatable bonds is 8. The molecule has 1 fully saturated rings. The predicted octanol–water partition coefficient (Wildman–Crippen LogP) is 0.577. The lowest BCUT2D eigenvalue weighted by molar-refractivity contribution is -0.0529. The third-order valence-electron chi connectivity index (χ3n) is 3.43. The molecule has 0 radical (unpaired) electrons. The number of likely N-dealkylation sites (N-methyl/N-ethyl adjacent to an activating group) is 1. The standard InChI is InChI=1S/C14H28N2O6S/c1-11(2)21-13(9-16(3)23(4,18)19)10-20-14(17)22-12-5-7-15-8-6-12/h11-13,15H,5-10H2,1-4H3/t13-/m0/s1. The first-order valence-corrected chi connectivity index (χ1v) is 9.64. The molecule has 1 saturated heterocycles. The molecular weight excluding hydrogens is 324 g/mol. The van der Waals surface area contributed by atoms with E-state index in [1.807, 2.05) is 13.8 Å². The normalized spacial score (nSPS) is 18.2. The Morgan fingerprint density at radius 1 is 1.30 bits per heavy atom. The van der Waals surface area contributed by atoms with E-state index in [4.69, 9.17) is 14.2 Å². The highest BCUT2D eigenvalue weighted by atomic mass is 32.2. The Kier molecular flexibility index (Phi) is 8.24. The van der Waals surface area contributed by atoms with Crippen LogP contribution in [0.5, 0.6) is 0 Å². The molecule has 1 heterocycles. The van der Waals surface area contributed by atoms with Crippen LogP contribution in [0.1, 0.15) is 26.7 Å². The molecule has 0 bridgehead atoms. The van der Waals surface area contributed by atoms with Gasteiger partial charge in [-0.3, -0.25) is 0 Å². The van der Waals surface area contributed by atoms with Crippen LogP contribution in [-0.2, 0) is 24.2 Å². The first-order valence-electron chi connectivity index (χ1n) is 7.79. The van der Waals surface area contributed by atoms with Crippen molar-refractivity contribution in [3.63, 3.8) is 0 Å². The number of carbonyl (C=O) groups excluding carboxylic acids is 1. The number of hydrogen-bond donors (Lipinski definition) is 1. The van der Waals surface area contributed by atoms with Gasteiger partial charge in [0.25, 0.3) is 0 Å². The van der Waals surface area contributed by atoms with E-state index in [1.54, 1.807) is 0 Å². The van der Waals surface area contributed by atoms with Gasteiger partial charge in [0.15, 0.2) is 0 Å². The average molecular weight is 352 g/mol. The highest BCUT2D eigenvalue weighted by molar-refractivity contribution is 7.88. The summed E-state index contributed by atoms with van der Waals surface area (Å²) in [5.41, 5.74) is 0. The van der Waals surface area contributed by atoms with E-state index in [-0.39, 0.29) is 25.4 Å². The third kappa shape index (κ3) is 8.50. The fourth-order valence-corrected chi connectivity index (χ4v) is 2.62. The Balaban J connectivity index is 2.44. The van der Waals surface area contributed by atoms with E-state index in [9.17, 15) is 13.2 Å². The number of nitrogens with one attached hydrogen (secondary N) is 1. The fraction of sp³-hybridized carbons (Fsp3) is 0.929. The summed E-state index contributed by atoms with van der Waals surface area (Å²) in [6.07, 6.45) is 1.11. The largest absolute Gasteiger partial charge is 0.508 e. The number of piperidine rings is 1. The van der Waals surface area contributed by atoms with Crippen molar-refractivity contribution in [2.75, 3.05) is 39.5 Å². The van der Waals surface area contributed by atoms with Crippen LogP contribution in [-0.4, -0.2) is 76.7 Å². The van der Waals surface area contributed by atoms with Crippen molar-refractivity contribution in [2.45, 2.75) is 45.0 Å². The molecule has 9 heteroatoms. The average Bonchev–Trinajstić information content (AvgIpc) is 2.44. The van der Waals surface area contributed by atoms with Gasteiger partial charge in [0.05, 0.1) is 12.4 Å². The van der Waals surface area contributed by atoms with Crippen molar-refractivity contribution in [3.05, 3.63) is 0 Å². The first kappa shape index (κ1) is 20.1. The van der Waals surface area contributed by atoms with Crippen LogP contribution in [0, 0.1) is 0 Å². The van der Waals surface area contributed by atoms with Crippen molar-refractivity contribution in [1.29, 1.82) is 0 Å². The second-order valence-corrected chi connectivity index (χ2v) is 8.07. The minimum Gasteiger partial charge on any atom is -0.431 e. The summed E-state index contributed by atoms with van der Waals surface area (Å²) >= 11 is 0. The molecule has 23 heavy (non-hydrogen) atoms. The van der Waals surface area contributed by atoms with Crippen molar-refractivity contribution >= 4 is 16.2 Å². The molecule has 0 spiro atoms. The Labute approximate surface area is 138 Å². The van der Waals surface area contributed by atoms with Gasteiger partial charge in [0, 0.05) is 13.6 Å². The molecule has 1 rings (SSSR count). The molecule has 0 aromatic rings. The predicted molar refractivity (Wildman–Crippen MR) is 85.8 cm³/mol. The van der Waals surface area contributed by atoms with Gasteiger partial charge in [-0.1, -0.05) is 0 Å². The first-order chi connectivity index (χ1) is 10.7. The molecule has 1 aliphatic heterocycles. The van der Waals surface area contributed by atoms with Crippen LogP contribution in [0.25, 0.3) is 0 Å². The lowest BCUT2D eigenvalue weighted by Gasteiger charge is -2.25. The van der Waals surface area contributed by atoms with Crippen molar-refractivity contribution in [3.8, 4) is 0 Å². The molecule has 0 aliphatic carbocycles. The summed E-state index contributed by atoms with van der Waals surface area (Å²) in [4.78, 5) is 11.7. The summed E-state index contributed by atoms with van der Waals surface area (Å²) in [7, 11) is -1.86. The van der Waals surface area contributed by atoms with Crippen molar-refractivity contribution < 1.29 is 27.4 Å². The molecule has 0 saturated carbocycles. The summed E-state index contributed by atoms with van der Waals surface area (Å²) in [5, 5.41) is 3.18. The lowest BCUT2D eigenvalue weighted by Crippen LogP contribution is -2.39. The fourth-order valence-electron chi connectivity index (χ4n) is 2.19. The van der Waals surface area contributed by atoms with Gasteiger partial charge in [0.1, 0.15) is 18.8 Å². The Bertz CT molecular complexity index is 462. The third-order valence-corrected chi connectivity index (χ3v) is 4.71. The van der Waals surface area contributed by atoms with Gasteiger partial charge in [0.2, 0.25) is 10.0 Å². The van der Waals surface area contributed by atoms with Crippen LogP contribution in [0.3, 0.4) is 0 Å². The van der Waals surface area contributed by atoms with Crippen LogP contribution in [0.4, 0.5) is 4.79 Å². The van der Waals surface area contributed by atoms with E-state index in [0.29, 0.717) is 0 Å². The lowest BCUT2D eigenvalue weighted by atomic mass is 10.1. The Morgan fingerprint density at radius 2 is 1.91 bits per heavy atom. The minimum atomic E-state index is -3.32. The maximum absolute atomic E-state index is 11.7. The van der Waals surface area contributed by atoms with Gasteiger partial charge in [-0.25, -0.2) is 17.5 Å². The quantitative estimate of drug-likeness (QED) is 0.638. The number of ether oxygens (including phenoxy) is 3. The molecule has 1 aliphatic rings. The number of nitrogens with zero attached hydrogens (tertiary/aromatic N) is 1. The zero-order chi connectivity index (χ0) is 17.5. The van der Waals surface area contributed by atoms with Gasteiger partial charge in [-0.2, -0.15) is 0 Å². The smallest absolute Gasteiger partial charge is 0.431 e. The monoisotopic (exact) mass is 352 g/mol. The Morgan fingerprint density at radius 3 is 2.43 bits per heavy atom. The molecule has 0 amide bonds. The highest BCUT2D eigenvalue weighted by Gasteiger charge is 2.23. The molecule has 136 valence electrons. The van der Waals surface area contributed by atoms with Crippen LogP contribution < -0.4 is 5.32 Å². The molecule has 0 aromatic heterocycles. The Hall–Kier alpha value is -0.900. The number of sulfonamides is 1. The highest BCUT2D eigenvalue weighted by Crippen LogP contribution is 2.10. The van der Waals surface area contributed by atoms with Gasteiger partial charge in [-0.05, 0) is 39.8 Å². The molecule has 8 nitrogen and oxygen atoms in total. The number of carbonyl (C=O) groups is 1. The van der Waals surface area contributed by atoms with E-state index >= 15 is 0 Å². The molecule has 1 N–H and O–H groups in total. The summed E-state index contributed by atoms with van der Waals surface area (Å²) in [6, 6.07) is 0. The topological polar surface area (TPSA) is 94.2 Å². The van der Waals surface area contributed by atoms with Crippen LogP contribution in [0.15, 0.2) is 0 Å². The van der Waals surface area contributed by atoms with Gasteiger partial charge in [-0.15, -0.1) is 0 Å². The van der Waals surface area contributed by atoms with Crippen molar-refractivity contribution in [1.82, 2.24) is 9.62 Å². The zero-order valence-electron chi connectivity index (χ0n) is 14.3. The summed E-state index contributed by atoms with van der Waals surface area (Å²) in [5.74, 6) is 0. The van der Waals surface area contributed by atoms with E-state index in [1.165, 1.54) is 11.4 Å². The molecule has 0 unspecified atom stereocenters. The van der Waals surface area contributed by atoms with Crippen LogP contribution in [0.2, 0.25) is 0 Å². The second kappa shape index (κ2) is 9.41. The van der Waals surface area contributed by atoms with E-state index in [2.05, 4.69) is 5.32 Å². The minimum absolute atomic E-state index is 0.0537. The van der Waals surface area contributed by atoms with Gasteiger partial charge >= 0.3 is 6.16 Å². The van der Waals surface area contributed by atoms with Crippen molar-refractivity contribution in [2.24, 2.45) is 0 Å². The molecule has 1 atom stereocenters. The molecule has 0 aromatic carbocycles. The second-order valence-electron chi connectivity index (χ2n) is 5.98. The van der Waals surface area contributed by atoms with E-state index < -0.39 is 22.3 Å².